The molecule has 1 amide bonds. The molecule has 1 aliphatic heterocycles. The molecule has 0 bridgehead atoms. The van der Waals surface area contributed by atoms with Gasteiger partial charge in [-0.1, -0.05) is 18.2 Å². The maximum atomic E-state index is 12.7. The SMILES string of the molecule is COc1ccc(CN(C)C(=O)[C@H]2COc3ccccc3O2)cc1OC. The summed E-state index contributed by atoms with van der Waals surface area (Å²) in [6, 6.07) is 12.9. The zero-order valence-corrected chi connectivity index (χ0v) is 14.5. The molecule has 132 valence electrons. The molecule has 6 heteroatoms. The monoisotopic (exact) mass is 343 g/mol. The van der Waals surface area contributed by atoms with Crippen molar-refractivity contribution < 1.29 is 23.7 Å². The van der Waals surface area contributed by atoms with E-state index < -0.39 is 6.10 Å². The van der Waals surface area contributed by atoms with Gasteiger partial charge in [-0.05, 0) is 29.8 Å². The quantitative estimate of drug-likeness (QED) is 0.835. The molecule has 2 aromatic carbocycles. The Morgan fingerprint density at radius 2 is 1.84 bits per heavy atom. The highest BCUT2D eigenvalue weighted by molar-refractivity contribution is 5.81. The molecule has 0 aliphatic carbocycles. The third-order valence-corrected chi connectivity index (χ3v) is 4.03. The highest BCUT2D eigenvalue weighted by Gasteiger charge is 2.29. The number of benzene rings is 2. The van der Waals surface area contributed by atoms with Crippen LogP contribution in [0.15, 0.2) is 42.5 Å². The second-order valence-corrected chi connectivity index (χ2v) is 5.75. The molecule has 0 radical (unpaired) electrons. The maximum Gasteiger partial charge on any atom is 0.267 e. The number of rotatable bonds is 5. The summed E-state index contributed by atoms with van der Waals surface area (Å²) in [6.07, 6.45) is -0.653. The fraction of sp³-hybridized carbons (Fsp3) is 0.316. The van der Waals surface area contributed by atoms with Crippen LogP contribution >= 0.6 is 0 Å². The second-order valence-electron chi connectivity index (χ2n) is 5.75. The van der Waals surface area contributed by atoms with Crippen molar-refractivity contribution in [3.8, 4) is 23.0 Å². The Balaban J connectivity index is 1.67. The minimum absolute atomic E-state index is 0.135. The Hall–Kier alpha value is -2.89. The molecule has 0 unspecified atom stereocenters. The van der Waals surface area contributed by atoms with Gasteiger partial charge in [0.2, 0.25) is 6.10 Å². The lowest BCUT2D eigenvalue weighted by Crippen LogP contribution is -2.44. The summed E-state index contributed by atoms with van der Waals surface area (Å²) in [4.78, 5) is 14.3. The number of fused-ring (bicyclic) bond motifs is 1. The fourth-order valence-corrected chi connectivity index (χ4v) is 2.72. The number of methoxy groups -OCH3 is 2. The molecule has 0 aromatic heterocycles. The predicted molar refractivity (Wildman–Crippen MR) is 92.4 cm³/mol. The lowest BCUT2D eigenvalue weighted by Gasteiger charge is -2.29. The standard InChI is InChI=1S/C19H21NO5/c1-20(11-13-8-9-14(22-2)17(10-13)23-3)19(21)18-12-24-15-6-4-5-7-16(15)25-18/h4-10,18H,11-12H2,1-3H3/t18-/m1/s1. The molecular formula is C19H21NO5. The average Bonchev–Trinajstić information content (AvgIpc) is 2.66. The molecule has 0 spiro atoms. The molecule has 25 heavy (non-hydrogen) atoms. The first kappa shape index (κ1) is 17.0. The Kier molecular flexibility index (Phi) is 4.97. The first-order valence-corrected chi connectivity index (χ1v) is 7.96. The van der Waals surface area contributed by atoms with Crippen molar-refractivity contribution in [1.29, 1.82) is 0 Å². The van der Waals surface area contributed by atoms with Crippen LogP contribution in [-0.4, -0.2) is 44.8 Å². The first-order valence-electron chi connectivity index (χ1n) is 7.96. The largest absolute Gasteiger partial charge is 0.493 e. The van der Waals surface area contributed by atoms with Gasteiger partial charge in [-0.2, -0.15) is 0 Å². The Morgan fingerprint density at radius 1 is 1.12 bits per heavy atom. The lowest BCUT2D eigenvalue weighted by atomic mass is 10.1. The average molecular weight is 343 g/mol. The van der Waals surface area contributed by atoms with E-state index in [1.165, 1.54) is 0 Å². The van der Waals surface area contributed by atoms with Crippen molar-refractivity contribution in [1.82, 2.24) is 4.90 Å². The van der Waals surface area contributed by atoms with E-state index in [9.17, 15) is 4.79 Å². The molecular weight excluding hydrogens is 322 g/mol. The van der Waals surface area contributed by atoms with E-state index in [2.05, 4.69) is 0 Å². The molecule has 0 saturated heterocycles. The summed E-state index contributed by atoms with van der Waals surface area (Å²) in [5, 5.41) is 0. The van der Waals surface area contributed by atoms with E-state index in [1.807, 2.05) is 36.4 Å². The van der Waals surface area contributed by atoms with Gasteiger partial charge in [0.25, 0.3) is 5.91 Å². The van der Waals surface area contributed by atoms with Crippen LogP contribution in [0.5, 0.6) is 23.0 Å². The molecule has 3 rings (SSSR count). The number of amides is 1. The highest BCUT2D eigenvalue weighted by atomic mass is 16.6. The van der Waals surface area contributed by atoms with E-state index in [-0.39, 0.29) is 12.5 Å². The topological polar surface area (TPSA) is 57.2 Å². The van der Waals surface area contributed by atoms with Crippen LogP contribution < -0.4 is 18.9 Å². The summed E-state index contributed by atoms with van der Waals surface area (Å²) in [7, 11) is 4.91. The molecule has 0 fully saturated rings. The zero-order chi connectivity index (χ0) is 17.8. The number of carbonyl (C=O) groups excluding carboxylic acids is 1. The summed E-state index contributed by atoms with van der Waals surface area (Å²) in [6.45, 7) is 0.632. The minimum atomic E-state index is -0.653. The van der Waals surface area contributed by atoms with Gasteiger partial charge >= 0.3 is 0 Å². The van der Waals surface area contributed by atoms with Crippen LogP contribution in [0, 0.1) is 0 Å². The summed E-state index contributed by atoms with van der Waals surface area (Å²) >= 11 is 0. The van der Waals surface area contributed by atoms with Gasteiger partial charge in [-0.15, -0.1) is 0 Å². The molecule has 1 aliphatic rings. The fourth-order valence-electron chi connectivity index (χ4n) is 2.72. The molecule has 1 atom stereocenters. The van der Waals surface area contributed by atoms with Crippen LogP contribution in [0.4, 0.5) is 0 Å². The number of carbonyl (C=O) groups is 1. The number of nitrogens with zero attached hydrogens (tertiary/aromatic N) is 1. The Labute approximate surface area is 146 Å². The molecule has 0 N–H and O–H groups in total. The maximum absolute atomic E-state index is 12.7. The second kappa shape index (κ2) is 7.34. The third kappa shape index (κ3) is 3.63. The van der Waals surface area contributed by atoms with Crippen molar-refractivity contribution >= 4 is 5.91 Å². The number of hydrogen-bond acceptors (Lipinski definition) is 5. The minimum Gasteiger partial charge on any atom is -0.493 e. The smallest absolute Gasteiger partial charge is 0.267 e. The van der Waals surface area contributed by atoms with Crippen LogP contribution in [0.3, 0.4) is 0 Å². The van der Waals surface area contributed by atoms with E-state index in [0.29, 0.717) is 29.5 Å². The predicted octanol–water partition coefficient (Wildman–Crippen LogP) is 2.50. The van der Waals surface area contributed by atoms with Crippen molar-refractivity contribution in [2.75, 3.05) is 27.9 Å². The van der Waals surface area contributed by atoms with Gasteiger partial charge in [0.05, 0.1) is 14.2 Å². The van der Waals surface area contributed by atoms with Crippen molar-refractivity contribution in [2.24, 2.45) is 0 Å². The summed E-state index contributed by atoms with van der Waals surface area (Å²) < 4.78 is 21.9. The van der Waals surface area contributed by atoms with Crippen LogP contribution in [0.25, 0.3) is 0 Å². The van der Waals surface area contributed by atoms with Crippen molar-refractivity contribution in [3.05, 3.63) is 48.0 Å². The third-order valence-electron chi connectivity index (χ3n) is 4.03. The normalized spacial score (nSPS) is 15.4. The van der Waals surface area contributed by atoms with Gasteiger partial charge in [0.1, 0.15) is 6.61 Å². The van der Waals surface area contributed by atoms with E-state index >= 15 is 0 Å². The van der Waals surface area contributed by atoms with Crippen LogP contribution in [-0.2, 0) is 11.3 Å². The van der Waals surface area contributed by atoms with E-state index in [1.54, 1.807) is 32.2 Å². The molecule has 2 aromatic rings. The summed E-state index contributed by atoms with van der Waals surface area (Å²) in [5.74, 6) is 2.40. The van der Waals surface area contributed by atoms with Crippen molar-refractivity contribution in [3.63, 3.8) is 0 Å². The summed E-state index contributed by atoms with van der Waals surface area (Å²) in [5.41, 5.74) is 0.936. The lowest BCUT2D eigenvalue weighted by molar-refractivity contribution is -0.140. The van der Waals surface area contributed by atoms with E-state index in [4.69, 9.17) is 18.9 Å². The van der Waals surface area contributed by atoms with Gasteiger partial charge in [-0.3, -0.25) is 4.79 Å². The number of hydrogen-bond donors (Lipinski definition) is 0. The number of likely N-dealkylation sites (N-methyl/N-ethyl adjacent to an activating group) is 1. The van der Waals surface area contributed by atoms with Gasteiger partial charge in [-0.25, -0.2) is 0 Å². The van der Waals surface area contributed by atoms with Crippen LogP contribution in [0.1, 0.15) is 5.56 Å². The molecule has 1 heterocycles. The number of para-hydroxylation sites is 2. The molecule has 0 saturated carbocycles. The van der Waals surface area contributed by atoms with Crippen molar-refractivity contribution in [2.45, 2.75) is 12.6 Å². The number of ether oxygens (including phenoxy) is 4. The zero-order valence-electron chi connectivity index (χ0n) is 14.5. The first-order chi connectivity index (χ1) is 12.1. The van der Waals surface area contributed by atoms with Crippen LogP contribution in [0.2, 0.25) is 0 Å². The Morgan fingerprint density at radius 3 is 2.56 bits per heavy atom. The van der Waals surface area contributed by atoms with E-state index in [0.717, 1.165) is 5.56 Å². The highest BCUT2D eigenvalue weighted by Crippen LogP contribution is 2.31. The molecule has 6 nitrogen and oxygen atoms in total. The van der Waals surface area contributed by atoms with Gasteiger partial charge in [0, 0.05) is 13.6 Å². The van der Waals surface area contributed by atoms with Gasteiger partial charge < -0.3 is 23.8 Å². The van der Waals surface area contributed by atoms with Gasteiger partial charge in [0.15, 0.2) is 23.0 Å². The Bertz CT molecular complexity index is 761.